The fourth-order valence-corrected chi connectivity index (χ4v) is 5.66. The first-order valence-electron chi connectivity index (χ1n) is 7.34. The van der Waals surface area contributed by atoms with E-state index in [1.165, 1.54) is 11.8 Å². The summed E-state index contributed by atoms with van der Waals surface area (Å²) in [6.45, 7) is 8.60. The Morgan fingerprint density at radius 2 is 2.00 bits per heavy atom. The molecule has 4 atom stereocenters. The summed E-state index contributed by atoms with van der Waals surface area (Å²) in [5.41, 5.74) is 0.0555. The van der Waals surface area contributed by atoms with Gasteiger partial charge in [0, 0.05) is 12.3 Å². The minimum atomic E-state index is -0.0689. The summed E-state index contributed by atoms with van der Waals surface area (Å²) >= 11 is 1.48. The lowest BCUT2D eigenvalue weighted by atomic mass is 9.71. The number of aliphatic imine (C=N–C) groups is 1. The molecule has 0 aromatic heterocycles. The van der Waals surface area contributed by atoms with Gasteiger partial charge < -0.3 is 5.32 Å². The van der Waals surface area contributed by atoms with Crippen LogP contribution in [0, 0.1) is 16.7 Å². The highest BCUT2D eigenvalue weighted by atomic mass is 32.2. The molecule has 110 valence electrons. The molecule has 20 heavy (non-hydrogen) atoms. The number of amidine groups is 1. The van der Waals surface area contributed by atoms with Gasteiger partial charge >= 0.3 is 0 Å². The third kappa shape index (κ3) is 1.78. The van der Waals surface area contributed by atoms with Gasteiger partial charge in [0.25, 0.3) is 0 Å². The Labute approximate surface area is 124 Å². The minimum absolute atomic E-state index is 0.00729. The third-order valence-corrected chi connectivity index (χ3v) is 7.19. The van der Waals surface area contributed by atoms with Crippen LogP contribution in [0.5, 0.6) is 0 Å². The van der Waals surface area contributed by atoms with Crippen LogP contribution in [-0.4, -0.2) is 28.1 Å². The molecular formula is C15H22N2O2S. The van der Waals surface area contributed by atoms with Gasteiger partial charge in [-0.15, -0.1) is 0 Å². The SMILES string of the molecule is C[C@H]1CC(=O)NC(S[C@H]2C(=O)[C@H]3CC[C@@]2(C)C3(C)C)=N1. The largest absolute Gasteiger partial charge is 0.305 e. The smallest absolute Gasteiger partial charge is 0.228 e. The molecular weight excluding hydrogens is 272 g/mol. The van der Waals surface area contributed by atoms with Gasteiger partial charge in [-0.3, -0.25) is 14.6 Å². The Kier molecular flexibility index (Phi) is 3.05. The number of carbonyl (C=O) groups is 2. The Morgan fingerprint density at radius 3 is 2.55 bits per heavy atom. The molecule has 5 heteroatoms. The highest BCUT2D eigenvalue weighted by Crippen LogP contribution is 2.66. The van der Waals surface area contributed by atoms with Crippen molar-refractivity contribution in [2.45, 2.75) is 58.2 Å². The number of fused-ring (bicyclic) bond motifs is 2. The molecule has 2 aliphatic carbocycles. The maximum absolute atomic E-state index is 12.6. The van der Waals surface area contributed by atoms with Crippen LogP contribution in [0.2, 0.25) is 0 Å². The molecule has 1 N–H and O–H groups in total. The van der Waals surface area contributed by atoms with Gasteiger partial charge in [-0.05, 0) is 30.6 Å². The van der Waals surface area contributed by atoms with Crippen LogP contribution in [0.3, 0.4) is 0 Å². The van der Waals surface area contributed by atoms with Crippen molar-refractivity contribution in [1.29, 1.82) is 0 Å². The summed E-state index contributed by atoms with van der Waals surface area (Å²) in [4.78, 5) is 28.7. The van der Waals surface area contributed by atoms with Gasteiger partial charge in [0.2, 0.25) is 5.91 Å². The standard InChI is InChI=1S/C15H22N2O2S/c1-8-7-10(18)17-13(16-8)20-12-11(19)9-5-6-15(12,4)14(9,2)3/h8-9,12H,5-7H2,1-4H3,(H,16,17,18)/t8-,9+,12-,15+/m0/s1. The molecule has 1 amide bonds. The van der Waals surface area contributed by atoms with Gasteiger partial charge in [0.05, 0.1) is 11.3 Å². The van der Waals surface area contributed by atoms with Crippen molar-refractivity contribution >= 4 is 28.6 Å². The average molecular weight is 294 g/mol. The van der Waals surface area contributed by atoms with Crippen LogP contribution in [0.1, 0.15) is 47.0 Å². The van der Waals surface area contributed by atoms with E-state index in [1.807, 2.05) is 6.92 Å². The van der Waals surface area contributed by atoms with Crippen LogP contribution < -0.4 is 5.32 Å². The summed E-state index contributed by atoms with van der Waals surface area (Å²) in [7, 11) is 0. The van der Waals surface area contributed by atoms with E-state index in [2.05, 4.69) is 31.1 Å². The zero-order chi connectivity index (χ0) is 14.7. The molecule has 2 saturated carbocycles. The van der Waals surface area contributed by atoms with Gasteiger partial charge in [0.15, 0.2) is 5.17 Å². The molecule has 0 spiro atoms. The van der Waals surface area contributed by atoms with Crippen LogP contribution in [0.4, 0.5) is 0 Å². The van der Waals surface area contributed by atoms with E-state index in [1.54, 1.807) is 0 Å². The van der Waals surface area contributed by atoms with Crippen molar-refractivity contribution in [2.24, 2.45) is 21.7 Å². The predicted octanol–water partition coefficient (Wildman–Crippen LogP) is 2.38. The summed E-state index contributed by atoms with van der Waals surface area (Å²) in [6.07, 6.45) is 2.54. The van der Waals surface area contributed by atoms with Crippen molar-refractivity contribution < 1.29 is 9.59 Å². The number of nitrogens with one attached hydrogen (secondary N) is 1. The van der Waals surface area contributed by atoms with E-state index >= 15 is 0 Å². The third-order valence-electron chi connectivity index (χ3n) is 5.77. The Balaban J connectivity index is 1.86. The number of thioether (sulfide) groups is 1. The number of rotatable bonds is 1. The van der Waals surface area contributed by atoms with E-state index < -0.39 is 0 Å². The number of ketones is 1. The summed E-state index contributed by atoms with van der Waals surface area (Å²) in [5.74, 6) is 0.529. The Bertz CT molecular complexity index is 514. The summed E-state index contributed by atoms with van der Waals surface area (Å²) in [5, 5.41) is 3.39. The fourth-order valence-electron chi connectivity index (χ4n) is 4.07. The lowest BCUT2D eigenvalue weighted by Crippen LogP contribution is -2.41. The van der Waals surface area contributed by atoms with Crippen molar-refractivity contribution in [3.05, 3.63) is 0 Å². The first-order valence-corrected chi connectivity index (χ1v) is 8.22. The number of hydrogen-bond donors (Lipinski definition) is 1. The van der Waals surface area contributed by atoms with Crippen molar-refractivity contribution in [3.63, 3.8) is 0 Å². The highest BCUT2D eigenvalue weighted by Gasteiger charge is 2.66. The van der Waals surface area contributed by atoms with Gasteiger partial charge in [-0.2, -0.15) is 0 Å². The number of Topliss-reactive ketones (excluding diaryl/α,β-unsaturated/α-hetero) is 1. The van der Waals surface area contributed by atoms with Crippen molar-refractivity contribution in [2.75, 3.05) is 0 Å². The topological polar surface area (TPSA) is 58.5 Å². The molecule has 0 aromatic carbocycles. The van der Waals surface area contributed by atoms with Crippen LogP contribution in [-0.2, 0) is 9.59 Å². The van der Waals surface area contributed by atoms with Crippen LogP contribution >= 0.6 is 11.8 Å². The van der Waals surface area contributed by atoms with E-state index in [9.17, 15) is 9.59 Å². The normalized spacial score (nSPS) is 42.6. The van der Waals surface area contributed by atoms with E-state index in [0.29, 0.717) is 17.4 Å². The van der Waals surface area contributed by atoms with E-state index in [0.717, 1.165) is 12.8 Å². The number of hydrogen-bond acceptors (Lipinski definition) is 4. The Hall–Kier alpha value is -0.840. The summed E-state index contributed by atoms with van der Waals surface area (Å²) in [6, 6.07) is 0.0146. The van der Waals surface area contributed by atoms with Crippen molar-refractivity contribution in [3.8, 4) is 0 Å². The molecule has 4 nitrogen and oxygen atoms in total. The second-order valence-corrected chi connectivity index (χ2v) is 8.26. The molecule has 2 bridgehead atoms. The second-order valence-electron chi connectivity index (χ2n) is 7.17. The lowest BCUT2D eigenvalue weighted by Gasteiger charge is -2.38. The molecule has 0 unspecified atom stereocenters. The molecule has 2 fully saturated rings. The number of amides is 1. The first kappa shape index (κ1) is 14.1. The van der Waals surface area contributed by atoms with Gasteiger partial charge in [-0.25, -0.2) is 0 Å². The first-order chi connectivity index (χ1) is 9.25. The van der Waals surface area contributed by atoms with E-state index in [4.69, 9.17) is 0 Å². The number of nitrogens with zero attached hydrogens (tertiary/aromatic N) is 1. The Morgan fingerprint density at radius 1 is 1.30 bits per heavy atom. The predicted molar refractivity (Wildman–Crippen MR) is 80.7 cm³/mol. The maximum Gasteiger partial charge on any atom is 0.228 e. The maximum atomic E-state index is 12.6. The van der Waals surface area contributed by atoms with Crippen LogP contribution in [0.15, 0.2) is 4.99 Å². The fraction of sp³-hybridized carbons (Fsp3) is 0.800. The minimum Gasteiger partial charge on any atom is -0.305 e. The molecule has 3 aliphatic rings. The zero-order valence-corrected chi connectivity index (χ0v) is 13.3. The highest BCUT2D eigenvalue weighted by molar-refractivity contribution is 8.15. The van der Waals surface area contributed by atoms with Gasteiger partial charge in [-0.1, -0.05) is 32.5 Å². The zero-order valence-electron chi connectivity index (χ0n) is 12.5. The molecule has 1 aliphatic heterocycles. The van der Waals surface area contributed by atoms with E-state index in [-0.39, 0.29) is 33.9 Å². The molecule has 0 aromatic rings. The average Bonchev–Trinajstić information content (AvgIpc) is 2.62. The number of carbonyl (C=O) groups excluding carboxylic acids is 2. The van der Waals surface area contributed by atoms with Gasteiger partial charge in [0.1, 0.15) is 5.78 Å². The molecule has 0 saturated heterocycles. The second kappa shape index (κ2) is 4.33. The quantitative estimate of drug-likeness (QED) is 0.808. The molecule has 3 rings (SSSR count). The monoisotopic (exact) mass is 294 g/mol. The van der Waals surface area contributed by atoms with Crippen LogP contribution in [0.25, 0.3) is 0 Å². The van der Waals surface area contributed by atoms with Crippen molar-refractivity contribution in [1.82, 2.24) is 5.32 Å². The molecule has 1 heterocycles. The lowest BCUT2D eigenvalue weighted by molar-refractivity contribution is -0.122. The molecule has 0 radical (unpaired) electrons. The summed E-state index contributed by atoms with van der Waals surface area (Å²) < 4.78 is 0.